The molecule has 148 valence electrons. The predicted molar refractivity (Wildman–Crippen MR) is 99.6 cm³/mol. The van der Waals surface area contributed by atoms with Gasteiger partial charge in [-0.1, -0.05) is 27.7 Å². The summed E-state index contributed by atoms with van der Waals surface area (Å²) in [6.07, 6.45) is 5.54. The van der Waals surface area contributed by atoms with Crippen LogP contribution in [0.1, 0.15) is 34.1 Å². The van der Waals surface area contributed by atoms with Crippen molar-refractivity contribution in [3.8, 4) is 0 Å². The number of imide groups is 1. The van der Waals surface area contributed by atoms with E-state index in [1.54, 1.807) is 22.3 Å². The monoisotopic (exact) mass is 375 g/mol. The molecule has 2 aliphatic heterocycles. The molecule has 8 heteroatoms. The number of aromatic nitrogens is 2. The SMILES string of the molecule is CC(C)CN1C(=O)C2CN(C(=O)CCn3ccnc3)CC(C)(C)CN2C1=O. The summed E-state index contributed by atoms with van der Waals surface area (Å²) in [7, 11) is 0. The van der Waals surface area contributed by atoms with Crippen LogP contribution in [0.2, 0.25) is 0 Å². The van der Waals surface area contributed by atoms with E-state index >= 15 is 0 Å². The van der Waals surface area contributed by atoms with Gasteiger partial charge in [-0.2, -0.15) is 0 Å². The number of rotatable bonds is 5. The molecule has 3 rings (SSSR count). The highest BCUT2D eigenvalue weighted by Gasteiger charge is 2.50. The Morgan fingerprint density at radius 1 is 1.30 bits per heavy atom. The second-order valence-electron chi connectivity index (χ2n) is 8.76. The van der Waals surface area contributed by atoms with Crippen molar-refractivity contribution < 1.29 is 14.4 Å². The Kier molecular flexibility index (Phi) is 5.26. The van der Waals surface area contributed by atoms with E-state index in [0.717, 1.165) is 0 Å². The number of nitrogens with zero attached hydrogens (tertiary/aromatic N) is 5. The number of amides is 4. The van der Waals surface area contributed by atoms with Crippen LogP contribution in [-0.2, 0) is 16.1 Å². The third kappa shape index (κ3) is 4.14. The maximum absolute atomic E-state index is 12.9. The highest BCUT2D eigenvalue weighted by atomic mass is 16.2. The van der Waals surface area contributed by atoms with E-state index < -0.39 is 6.04 Å². The fraction of sp³-hybridized carbons (Fsp3) is 0.684. The molecule has 0 aromatic carbocycles. The molecule has 0 spiro atoms. The smallest absolute Gasteiger partial charge is 0.327 e. The van der Waals surface area contributed by atoms with Gasteiger partial charge in [0.15, 0.2) is 0 Å². The third-order valence-corrected chi connectivity index (χ3v) is 5.06. The summed E-state index contributed by atoms with van der Waals surface area (Å²) in [4.78, 5) is 47.3. The largest absolute Gasteiger partial charge is 0.339 e. The van der Waals surface area contributed by atoms with Crippen LogP contribution in [0.3, 0.4) is 0 Å². The Labute approximate surface area is 160 Å². The van der Waals surface area contributed by atoms with Gasteiger partial charge in [-0.25, -0.2) is 9.78 Å². The fourth-order valence-corrected chi connectivity index (χ4v) is 3.88. The minimum absolute atomic E-state index is 0.00110. The van der Waals surface area contributed by atoms with Crippen LogP contribution in [0.4, 0.5) is 4.79 Å². The van der Waals surface area contributed by atoms with Crippen molar-refractivity contribution in [1.82, 2.24) is 24.3 Å². The predicted octanol–water partition coefficient (Wildman–Crippen LogP) is 1.43. The van der Waals surface area contributed by atoms with Gasteiger partial charge in [0.25, 0.3) is 5.91 Å². The maximum atomic E-state index is 12.9. The van der Waals surface area contributed by atoms with Gasteiger partial charge in [0.1, 0.15) is 6.04 Å². The number of aryl methyl sites for hydroxylation is 1. The quantitative estimate of drug-likeness (QED) is 0.730. The highest BCUT2D eigenvalue weighted by Crippen LogP contribution is 2.30. The Balaban J connectivity index is 1.75. The van der Waals surface area contributed by atoms with Crippen LogP contribution < -0.4 is 0 Å². The molecule has 1 unspecified atom stereocenters. The lowest BCUT2D eigenvalue weighted by molar-refractivity contribution is -0.134. The molecular formula is C19H29N5O3. The summed E-state index contributed by atoms with van der Waals surface area (Å²) in [5.74, 6) is 0.0300. The topological polar surface area (TPSA) is 78.8 Å². The molecule has 27 heavy (non-hydrogen) atoms. The first-order valence-electron chi connectivity index (χ1n) is 9.53. The van der Waals surface area contributed by atoms with Gasteiger partial charge in [0.05, 0.1) is 12.9 Å². The molecule has 2 saturated heterocycles. The number of urea groups is 1. The van der Waals surface area contributed by atoms with E-state index in [4.69, 9.17) is 0 Å². The first kappa shape index (κ1) is 19.4. The van der Waals surface area contributed by atoms with Gasteiger partial charge in [-0.3, -0.25) is 14.5 Å². The highest BCUT2D eigenvalue weighted by molar-refractivity contribution is 6.04. The van der Waals surface area contributed by atoms with Crippen LogP contribution in [-0.4, -0.2) is 74.3 Å². The van der Waals surface area contributed by atoms with E-state index in [1.165, 1.54) is 4.90 Å². The van der Waals surface area contributed by atoms with E-state index in [0.29, 0.717) is 32.6 Å². The number of carbonyl (C=O) groups excluding carboxylic acids is 3. The van der Waals surface area contributed by atoms with E-state index in [2.05, 4.69) is 4.98 Å². The Morgan fingerprint density at radius 2 is 2.04 bits per heavy atom. The molecule has 1 atom stereocenters. The van der Waals surface area contributed by atoms with Crippen molar-refractivity contribution in [3.05, 3.63) is 18.7 Å². The molecular weight excluding hydrogens is 346 g/mol. The molecule has 2 aliphatic rings. The van der Waals surface area contributed by atoms with E-state index in [1.807, 2.05) is 38.5 Å². The van der Waals surface area contributed by atoms with Crippen molar-refractivity contribution in [2.45, 2.75) is 46.7 Å². The molecule has 0 bridgehead atoms. The van der Waals surface area contributed by atoms with Gasteiger partial charge in [-0.05, 0) is 5.92 Å². The molecule has 3 heterocycles. The minimum atomic E-state index is -0.574. The van der Waals surface area contributed by atoms with E-state index in [-0.39, 0.29) is 35.7 Å². The zero-order valence-electron chi connectivity index (χ0n) is 16.6. The molecule has 2 fully saturated rings. The summed E-state index contributed by atoms with van der Waals surface area (Å²) >= 11 is 0. The average Bonchev–Trinajstić information content (AvgIpc) is 3.13. The van der Waals surface area contributed by atoms with Crippen LogP contribution in [0, 0.1) is 11.3 Å². The Bertz CT molecular complexity index is 713. The Morgan fingerprint density at radius 3 is 2.67 bits per heavy atom. The van der Waals surface area contributed by atoms with Gasteiger partial charge < -0.3 is 14.4 Å². The number of hydrogen-bond donors (Lipinski definition) is 0. The van der Waals surface area contributed by atoms with Crippen LogP contribution in [0.5, 0.6) is 0 Å². The summed E-state index contributed by atoms with van der Waals surface area (Å²) in [6, 6.07) is -0.797. The van der Waals surface area contributed by atoms with Crippen LogP contribution in [0.15, 0.2) is 18.7 Å². The zero-order chi connectivity index (χ0) is 19.8. The molecule has 4 amide bonds. The van der Waals surface area contributed by atoms with Gasteiger partial charge in [-0.15, -0.1) is 0 Å². The third-order valence-electron chi connectivity index (χ3n) is 5.06. The van der Waals surface area contributed by atoms with Crippen LogP contribution in [0.25, 0.3) is 0 Å². The minimum Gasteiger partial charge on any atom is -0.339 e. The van der Waals surface area contributed by atoms with Gasteiger partial charge >= 0.3 is 6.03 Å². The normalized spacial score (nSPS) is 22.4. The average molecular weight is 375 g/mol. The zero-order valence-corrected chi connectivity index (χ0v) is 16.6. The number of fused-ring (bicyclic) bond motifs is 1. The molecule has 1 aromatic heterocycles. The van der Waals surface area contributed by atoms with Gasteiger partial charge in [0.2, 0.25) is 5.91 Å². The molecule has 0 radical (unpaired) electrons. The lowest BCUT2D eigenvalue weighted by Gasteiger charge is -2.31. The summed E-state index contributed by atoms with van der Waals surface area (Å²) in [5.41, 5.74) is -0.275. The van der Waals surface area contributed by atoms with Crippen molar-refractivity contribution in [2.75, 3.05) is 26.2 Å². The van der Waals surface area contributed by atoms with Crippen molar-refractivity contribution in [3.63, 3.8) is 0 Å². The van der Waals surface area contributed by atoms with Crippen LogP contribution >= 0.6 is 0 Å². The molecule has 1 aromatic rings. The van der Waals surface area contributed by atoms with Crippen molar-refractivity contribution in [2.24, 2.45) is 11.3 Å². The first-order valence-corrected chi connectivity index (χ1v) is 9.53. The maximum Gasteiger partial charge on any atom is 0.327 e. The summed E-state index contributed by atoms with van der Waals surface area (Å²) in [5, 5.41) is 0. The standard InChI is InChI=1S/C19H29N5O3/c1-14(2)9-23-17(26)15-10-22(11-19(3,4)12-24(15)18(23)27)16(25)5-7-21-8-6-20-13-21/h6,8,13-15H,5,7,9-12H2,1-4H3. The van der Waals surface area contributed by atoms with Crippen molar-refractivity contribution >= 4 is 17.8 Å². The molecule has 0 saturated carbocycles. The van der Waals surface area contributed by atoms with Gasteiger partial charge in [0, 0.05) is 50.4 Å². The van der Waals surface area contributed by atoms with Crippen molar-refractivity contribution in [1.29, 1.82) is 0 Å². The lowest BCUT2D eigenvalue weighted by Crippen LogP contribution is -2.44. The number of hydrogen-bond acceptors (Lipinski definition) is 4. The lowest BCUT2D eigenvalue weighted by atomic mass is 9.92. The van der Waals surface area contributed by atoms with E-state index in [9.17, 15) is 14.4 Å². The number of carbonyl (C=O) groups is 3. The first-order chi connectivity index (χ1) is 12.7. The Hall–Kier alpha value is -2.38. The second kappa shape index (κ2) is 7.32. The number of imidazole rings is 1. The molecule has 8 nitrogen and oxygen atoms in total. The summed E-state index contributed by atoms with van der Waals surface area (Å²) < 4.78 is 1.86. The second-order valence-corrected chi connectivity index (χ2v) is 8.76. The molecule has 0 aliphatic carbocycles. The fourth-order valence-electron chi connectivity index (χ4n) is 3.88. The summed E-state index contributed by atoms with van der Waals surface area (Å²) in [6.45, 7) is 10.3. The molecule has 0 N–H and O–H groups in total.